The first-order valence-corrected chi connectivity index (χ1v) is 9.61. The Morgan fingerprint density at radius 2 is 1.70 bits per heavy atom. The topological polar surface area (TPSA) is 83.1 Å². The summed E-state index contributed by atoms with van der Waals surface area (Å²) in [5, 5.41) is 2.86. The lowest BCUT2D eigenvalue weighted by molar-refractivity contribution is -0.123. The monoisotopic (exact) mass is 415 g/mol. The first kappa shape index (κ1) is 23.1. The predicted octanol–water partition coefficient (Wildman–Crippen LogP) is 3.92. The van der Waals surface area contributed by atoms with Crippen LogP contribution in [-0.4, -0.2) is 38.3 Å². The van der Waals surface area contributed by atoms with Gasteiger partial charge in [-0.25, -0.2) is 4.79 Å². The molecule has 1 amide bonds. The third-order valence-corrected chi connectivity index (χ3v) is 4.15. The summed E-state index contributed by atoms with van der Waals surface area (Å²) < 4.78 is 21.6. The fraction of sp³-hybridized carbons (Fsp3) is 0.391. The van der Waals surface area contributed by atoms with Crippen LogP contribution >= 0.6 is 0 Å². The lowest BCUT2D eigenvalue weighted by Crippen LogP contribution is -2.31. The van der Waals surface area contributed by atoms with Crippen LogP contribution in [0.1, 0.15) is 49.7 Å². The molecular weight excluding hydrogens is 386 g/mol. The van der Waals surface area contributed by atoms with Crippen LogP contribution in [0.15, 0.2) is 42.5 Å². The highest BCUT2D eigenvalue weighted by atomic mass is 16.6. The van der Waals surface area contributed by atoms with Gasteiger partial charge in [0.05, 0.1) is 20.3 Å². The Morgan fingerprint density at radius 1 is 1.00 bits per heavy atom. The molecule has 7 heteroatoms. The Balaban J connectivity index is 2.04. The van der Waals surface area contributed by atoms with E-state index in [2.05, 4.69) is 5.32 Å². The second-order valence-electron chi connectivity index (χ2n) is 7.68. The highest BCUT2D eigenvalue weighted by molar-refractivity contribution is 5.93. The number of carbonyl (C=O) groups is 2. The van der Waals surface area contributed by atoms with Crippen molar-refractivity contribution in [1.29, 1.82) is 0 Å². The van der Waals surface area contributed by atoms with Gasteiger partial charge >= 0.3 is 5.97 Å². The van der Waals surface area contributed by atoms with E-state index >= 15 is 0 Å². The van der Waals surface area contributed by atoms with E-state index in [0.717, 1.165) is 5.56 Å². The highest BCUT2D eigenvalue weighted by Crippen LogP contribution is 2.29. The summed E-state index contributed by atoms with van der Waals surface area (Å²) in [4.78, 5) is 24.8. The predicted molar refractivity (Wildman–Crippen MR) is 113 cm³/mol. The van der Waals surface area contributed by atoms with Crippen LogP contribution in [0.3, 0.4) is 0 Å². The maximum absolute atomic E-state index is 12.4. The maximum Gasteiger partial charge on any atom is 0.342 e. The number of esters is 1. The molecule has 2 rings (SSSR count). The number of hydrogen-bond donors (Lipinski definition) is 1. The van der Waals surface area contributed by atoms with Crippen LogP contribution in [0.25, 0.3) is 0 Å². The van der Waals surface area contributed by atoms with Crippen molar-refractivity contribution >= 4 is 11.9 Å². The first-order valence-electron chi connectivity index (χ1n) is 9.61. The molecule has 1 N–H and O–H groups in total. The molecular formula is C23H29NO6. The summed E-state index contributed by atoms with van der Waals surface area (Å²) in [6, 6.07) is 11.7. The molecule has 0 aliphatic carbocycles. The SMILES string of the molecule is COc1ccc(OC)c(C(C)NC(=O)COc2ccccc2C(=O)OC(C)(C)C)c1. The van der Waals surface area contributed by atoms with E-state index in [1.54, 1.807) is 71.4 Å². The molecule has 0 heterocycles. The van der Waals surface area contributed by atoms with Crippen LogP contribution in [0.2, 0.25) is 0 Å². The van der Waals surface area contributed by atoms with Crippen LogP contribution in [0.4, 0.5) is 0 Å². The Bertz CT molecular complexity index is 888. The summed E-state index contributed by atoms with van der Waals surface area (Å²) in [5.74, 6) is 0.738. The molecule has 30 heavy (non-hydrogen) atoms. The van der Waals surface area contributed by atoms with E-state index < -0.39 is 11.6 Å². The van der Waals surface area contributed by atoms with Crippen molar-refractivity contribution in [2.45, 2.75) is 39.3 Å². The van der Waals surface area contributed by atoms with Crippen LogP contribution in [-0.2, 0) is 9.53 Å². The molecule has 0 fully saturated rings. The fourth-order valence-electron chi connectivity index (χ4n) is 2.78. The zero-order valence-corrected chi connectivity index (χ0v) is 18.3. The Morgan fingerprint density at radius 3 is 2.33 bits per heavy atom. The fourth-order valence-corrected chi connectivity index (χ4v) is 2.78. The molecule has 2 aromatic rings. The second-order valence-corrected chi connectivity index (χ2v) is 7.68. The van der Waals surface area contributed by atoms with E-state index in [0.29, 0.717) is 11.5 Å². The number of carbonyl (C=O) groups excluding carboxylic acids is 2. The van der Waals surface area contributed by atoms with Gasteiger partial charge in [0.2, 0.25) is 0 Å². The minimum atomic E-state index is -0.632. The minimum absolute atomic E-state index is 0.254. The van der Waals surface area contributed by atoms with Crippen molar-refractivity contribution in [2.24, 2.45) is 0 Å². The summed E-state index contributed by atoms with van der Waals surface area (Å²) in [7, 11) is 3.14. The van der Waals surface area contributed by atoms with Crippen LogP contribution in [0.5, 0.6) is 17.2 Å². The average molecular weight is 415 g/mol. The Hall–Kier alpha value is -3.22. The van der Waals surface area contributed by atoms with E-state index in [4.69, 9.17) is 18.9 Å². The Kier molecular flexibility index (Phi) is 7.69. The summed E-state index contributed by atoms with van der Waals surface area (Å²) >= 11 is 0. The molecule has 2 aromatic carbocycles. The lowest BCUT2D eigenvalue weighted by Gasteiger charge is -2.21. The van der Waals surface area contributed by atoms with Gasteiger partial charge in [-0.05, 0) is 58.0 Å². The zero-order valence-electron chi connectivity index (χ0n) is 18.3. The third-order valence-electron chi connectivity index (χ3n) is 4.15. The summed E-state index contributed by atoms with van der Waals surface area (Å²) in [6.45, 7) is 6.95. The maximum atomic E-state index is 12.4. The van der Waals surface area contributed by atoms with Crippen molar-refractivity contribution in [3.8, 4) is 17.2 Å². The van der Waals surface area contributed by atoms with Crippen molar-refractivity contribution in [3.63, 3.8) is 0 Å². The standard InChI is InChI=1S/C23H29NO6/c1-15(18-13-16(27-5)11-12-19(18)28-6)24-21(25)14-29-20-10-8-7-9-17(20)22(26)30-23(2,3)4/h7-13,15H,14H2,1-6H3,(H,24,25). The van der Waals surface area contributed by atoms with E-state index in [-0.39, 0.29) is 29.9 Å². The van der Waals surface area contributed by atoms with E-state index in [9.17, 15) is 9.59 Å². The molecule has 7 nitrogen and oxygen atoms in total. The summed E-state index contributed by atoms with van der Waals surface area (Å²) in [6.07, 6.45) is 0. The number of amides is 1. The molecule has 0 aliphatic rings. The van der Waals surface area contributed by atoms with E-state index in [1.165, 1.54) is 0 Å². The molecule has 0 saturated carbocycles. The highest BCUT2D eigenvalue weighted by Gasteiger charge is 2.21. The van der Waals surface area contributed by atoms with Gasteiger partial charge in [0.25, 0.3) is 5.91 Å². The van der Waals surface area contributed by atoms with Gasteiger partial charge in [0, 0.05) is 5.56 Å². The van der Waals surface area contributed by atoms with Crippen molar-refractivity contribution in [3.05, 3.63) is 53.6 Å². The van der Waals surface area contributed by atoms with Crippen molar-refractivity contribution in [2.75, 3.05) is 20.8 Å². The molecule has 0 saturated heterocycles. The van der Waals surface area contributed by atoms with Gasteiger partial charge in [-0.2, -0.15) is 0 Å². The molecule has 0 bridgehead atoms. The van der Waals surface area contributed by atoms with Crippen molar-refractivity contribution < 1.29 is 28.5 Å². The molecule has 0 aliphatic heterocycles. The minimum Gasteiger partial charge on any atom is -0.497 e. The number of nitrogens with one attached hydrogen (secondary N) is 1. The van der Waals surface area contributed by atoms with Crippen molar-refractivity contribution in [1.82, 2.24) is 5.32 Å². The number of para-hydroxylation sites is 1. The second kappa shape index (κ2) is 10.0. The van der Waals surface area contributed by atoms with E-state index in [1.807, 2.05) is 13.0 Å². The van der Waals surface area contributed by atoms with Gasteiger partial charge in [-0.15, -0.1) is 0 Å². The molecule has 1 atom stereocenters. The van der Waals surface area contributed by atoms with Gasteiger partial charge in [0.15, 0.2) is 6.61 Å². The molecule has 1 unspecified atom stereocenters. The average Bonchev–Trinajstić information content (AvgIpc) is 2.70. The summed E-state index contributed by atoms with van der Waals surface area (Å²) in [5.41, 5.74) is 0.411. The largest absolute Gasteiger partial charge is 0.497 e. The molecule has 162 valence electrons. The van der Waals surface area contributed by atoms with Gasteiger partial charge < -0.3 is 24.3 Å². The number of hydrogen-bond acceptors (Lipinski definition) is 6. The van der Waals surface area contributed by atoms with Crippen LogP contribution in [0, 0.1) is 0 Å². The smallest absolute Gasteiger partial charge is 0.342 e. The molecule has 0 spiro atoms. The van der Waals surface area contributed by atoms with Crippen LogP contribution < -0.4 is 19.5 Å². The van der Waals surface area contributed by atoms with Gasteiger partial charge in [-0.3, -0.25) is 4.79 Å². The molecule has 0 aromatic heterocycles. The molecule has 0 radical (unpaired) electrons. The van der Waals surface area contributed by atoms with Gasteiger partial charge in [0.1, 0.15) is 28.4 Å². The normalized spacial score (nSPS) is 11.9. The first-order chi connectivity index (χ1) is 14.1. The number of methoxy groups -OCH3 is 2. The third kappa shape index (κ3) is 6.40. The zero-order chi connectivity index (χ0) is 22.3. The number of benzene rings is 2. The number of rotatable bonds is 8. The van der Waals surface area contributed by atoms with Gasteiger partial charge in [-0.1, -0.05) is 12.1 Å². The lowest BCUT2D eigenvalue weighted by atomic mass is 10.1. The quantitative estimate of drug-likeness (QED) is 0.658. The number of ether oxygens (including phenoxy) is 4. The Labute approximate surface area is 177 Å².